The van der Waals surface area contributed by atoms with Crippen LogP contribution in [0.4, 0.5) is 5.69 Å². The molecule has 4 N–H and O–H groups in total. The summed E-state index contributed by atoms with van der Waals surface area (Å²) >= 11 is 0. The number of nitrogens with zero attached hydrogens (tertiary/aromatic N) is 1. The zero-order chi connectivity index (χ0) is 20.3. The number of primary amides is 1. The predicted molar refractivity (Wildman–Crippen MR) is 102 cm³/mol. The van der Waals surface area contributed by atoms with Crippen molar-refractivity contribution in [2.75, 3.05) is 0 Å². The van der Waals surface area contributed by atoms with Gasteiger partial charge in [-0.3, -0.25) is 24.5 Å². The summed E-state index contributed by atoms with van der Waals surface area (Å²) in [4.78, 5) is 48.8. The molecule has 0 radical (unpaired) electrons. The van der Waals surface area contributed by atoms with Gasteiger partial charge in [-0.15, -0.1) is 0 Å². The lowest BCUT2D eigenvalue weighted by Gasteiger charge is -2.26. The highest BCUT2D eigenvalue weighted by molar-refractivity contribution is 5.93. The number of aromatic amines is 1. The fourth-order valence-corrected chi connectivity index (χ4v) is 3.25. The van der Waals surface area contributed by atoms with Crippen molar-refractivity contribution < 1.29 is 14.5 Å². The van der Waals surface area contributed by atoms with Crippen LogP contribution in [0.2, 0.25) is 0 Å². The van der Waals surface area contributed by atoms with Gasteiger partial charge in [0.15, 0.2) is 0 Å². The van der Waals surface area contributed by atoms with Gasteiger partial charge in [-0.05, 0) is 43.0 Å². The molecule has 0 aliphatic heterocycles. The van der Waals surface area contributed by atoms with Crippen LogP contribution in [0.5, 0.6) is 0 Å². The zero-order valence-electron chi connectivity index (χ0n) is 14.8. The first kappa shape index (κ1) is 19.0. The molecule has 1 aliphatic carbocycles. The number of amides is 2. The van der Waals surface area contributed by atoms with E-state index in [0.717, 1.165) is 6.42 Å². The molecule has 0 spiro atoms. The van der Waals surface area contributed by atoms with Crippen LogP contribution < -0.4 is 16.6 Å². The summed E-state index contributed by atoms with van der Waals surface area (Å²) in [5.41, 5.74) is 6.05. The molecule has 1 aromatic carbocycles. The number of aromatic nitrogens is 1. The van der Waals surface area contributed by atoms with E-state index in [1.54, 1.807) is 18.2 Å². The summed E-state index contributed by atoms with van der Waals surface area (Å²) in [6.07, 6.45) is 4.60. The minimum atomic E-state index is -0.837. The fraction of sp³-hybridized carbons (Fsp3) is 0.211. The van der Waals surface area contributed by atoms with Crippen molar-refractivity contribution in [1.82, 2.24) is 10.3 Å². The van der Waals surface area contributed by atoms with Gasteiger partial charge in [-0.1, -0.05) is 12.1 Å². The van der Waals surface area contributed by atoms with Crippen molar-refractivity contribution in [1.29, 1.82) is 0 Å². The summed E-state index contributed by atoms with van der Waals surface area (Å²) in [6, 6.07) is 7.11. The molecule has 1 heterocycles. The Kier molecular flexibility index (Phi) is 5.35. The van der Waals surface area contributed by atoms with E-state index < -0.39 is 28.3 Å². The van der Waals surface area contributed by atoms with Gasteiger partial charge in [0.05, 0.1) is 16.5 Å². The van der Waals surface area contributed by atoms with Crippen molar-refractivity contribution in [3.63, 3.8) is 0 Å². The van der Waals surface area contributed by atoms with Gasteiger partial charge in [0.25, 0.3) is 17.2 Å². The number of nitrogens with one attached hydrogen (secondary N) is 2. The largest absolute Gasteiger partial charge is 0.365 e. The lowest BCUT2D eigenvalue weighted by molar-refractivity contribution is -0.385. The molecule has 28 heavy (non-hydrogen) atoms. The van der Waals surface area contributed by atoms with E-state index in [-0.39, 0.29) is 11.3 Å². The quantitative estimate of drug-likeness (QED) is 0.408. The molecule has 0 saturated carbocycles. The van der Waals surface area contributed by atoms with Gasteiger partial charge in [0, 0.05) is 17.8 Å². The second-order valence-corrected chi connectivity index (χ2v) is 6.41. The standard InChI is InChI=1S/C19H18N4O5/c20-18(25)13-10-12-14(5-3-6-15(12)22-19(13)26)21-17(24)9-8-11-4-1-2-7-16(11)23(27)28/h1-2,4,7-10,14H,3,5-6H2,(H2,20,25)(H,21,24)(H,22,26)/b9-8+. The first-order valence-corrected chi connectivity index (χ1v) is 8.64. The number of nitro benzene ring substituents is 1. The van der Waals surface area contributed by atoms with Gasteiger partial charge in [-0.2, -0.15) is 0 Å². The first-order chi connectivity index (χ1) is 13.4. The van der Waals surface area contributed by atoms with E-state index in [1.807, 2.05) is 0 Å². The Morgan fingerprint density at radius 1 is 1.32 bits per heavy atom. The van der Waals surface area contributed by atoms with E-state index in [4.69, 9.17) is 5.73 Å². The number of carbonyl (C=O) groups excluding carboxylic acids is 2. The Hall–Kier alpha value is -3.75. The minimum absolute atomic E-state index is 0.0989. The number of nitro groups is 1. The summed E-state index contributed by atoms with van der Waals surface area (Å²) in [5.74, 6) is -1.28. The molecule has 0 saturated heterocycles. The predicted octanol–water partition coefficient (Wildman–Crippen LogP) is 1.59. The minimum Gasteiger partial charge on any atom is -0.365 e. The molecule has 9 heteroatoms. The Morgan fingerprint density at radius 2 is 2.07 bits per heavy atom. The SMILES string of the molecule is NC(=O)c1cc2c([nH]c1=O)CCCC2NC(=O)/C=C/c1ccccc1[N+](=O)[O-]. The number of H-pyrrole nitrogens is 1. The van der Waals surface area contributed by atoms with E-state index in [1.165, 1.54) is 24.3 Å². The molecule has 3 rings (SSSR count). The third kappa shape index (κ3) is 3.98. The van der Waals surface area contributed by atoms with E-state index in [2.05, 4.69) is 10.3 Å². The van der Waals surface area contributed by atoms with Crippen molar-refractivity contribution in [3.8, 4) is 0 Å². The second-order valence-electron chi connectivity index (χ2n) is 6.41. The highest BCUT2D eigenvalue weighted by Crippen LogP contribution is 2.28. The average molecular weight is 382 g/mol. The Labute approximate surface area is 159 Å². The van der Waals surface area contributed by atoms with E-state index in [0.29, 0.717) is 29.7 Å². The van der Waals surface area contributed by atoms with Crippen LogP contribution in [0.25, 0.3) is 6.08 Å². The highest BCUT2D eigenvalue weighted by Gasteiger charge is 2.24. The van der Waals surface area contributed by atoms with Gasteiger partial charge >= 0.3 is 0 Å². The summed E-state index contributed by atoms with van der Waals surface area (Å²) in [7, 11) is 0. The summed E-state index contributed by atoms with van der Waals surface area (Å²) < 4.78 is 0. The van der Waals surface area contributed by atoms with Crippen molar-refractivity contribution in [3.05, 3.63) is 79.3 Å². The van der Waals surface area contributed by atoms with Gasteiger partial charge < -0.3 is 16.0 Å². The van der Waals surface area contributed by atoms with Gasteiger partial charge in [-0.25, -0.2) is 0 Å². The Balaban J connectivity index is 1.81. The number of hydrogen-bond donors (Lipinski definition) is 3. The highest BCUT2D eigenvalue weighted by atomic mass is 16.6. The smallest absolute Gasteiger partial charge is 0.276 e. The van der Waals surface area contributed by atoms with E-state index >= 15 is 0 Å². The topological polar surface area (TPSA) is 148 Å². The molecule has 0 bridgehead atoms. The molecule has 144 valence electrons. The molecular weight excluding hydrogens is 364 g/mol. The number of pyridine rings is 1. The number of para-hydroxylation sites is 1. The van der Waals surface area contributed by atoms with Gasteiger partial charge in [0.2, 0.25) is 5.91 Å². The summed E-state index contributed by atoms with van der Waals surface area (Å²) in [6.45, 7) is 0. The fourth-order valence-electron chi connectivity index (χ4n) is 3.25. The van der Waals surface area contributed by atoms with Crippen LogP contribution in [-0.2, 0) is 11.2 Å². The van der Waals surface area contributed by atoms with Crippen LogP contribution in [0.15, 0.2) is 41.2 Å². The molecule has 2 aromatic rings. The normalized spacial score (nSPS) is 15.8. The molecule has 1 atom stereocenters. The Morgan fingerprint density at radius 3 is 2.79 bits per heavy atom. The first-order valence-electron chi connectivity index (χ1n) is 8.64. The Bertz CT molecular complexity index is 1040. The molecule has 9 nitrogen and oxygen atoms in total. The molecule has 2 amide bonds. The molecule has 1 aromatic heterocycles. The number of hydrogen-bond acceptors (Lipinski definition) is 5. The summed E-state index contributed by atoms with van der Waals surface area (Å²) in [5, 5.41) is 13.8. The third-order valence-corrected chi connectivity index (χ3v) is 4.58. The monoisotopic (exact) mass is 382 g/mol. The number of aryl methyl sites for hydroxylation is 1. The zero-order valence-corrected chi connectivity index (χ0v) is 14.8. The molecular formula is C19H18N4O5. The number of nitrogens with two attached hydrogens (primary N) is 1. The molecule has 0 fully saturated rings. The second kappa shape index (κ2) is 7.87. The maximum Gasteiger partial charge on any atom is 0.276 e. The van der Waals surface area contributed by atoms with Crippen molar-refractivity contribution >= 4 is 23.6 Å². The van der Waals surface area contributed by atoms with Crippen molar-refractivity contribution in [2.24, 2.45) is 5.73 Å². The lowest BCUT2D eigenvalue weighted by atomic mass is 9.90. The molecule has 1 aliphatic rings. The van der Waals surface area contributed by atoms with Crippen LogP contribution in [0.3, 0.4) is 0 Å². The van der Waals surface area contributed by atoms with Crippen LogP contribution in [-0.4, -0.2) is 21.7 Å². The number of rotatable bonds is 5. The van der Waals surface area contributed by atoms with Crippen LogP contribution in [0, 0.1) is 10.1 Å². The number of benzene rings is 1. The maximum atomic E-state index is 12.3. The van der Waals surface area contributed by atoms with Crippen molar-refractivity contribution in [2.45, 2.75) is 25.3 Å². The average Bonchev–Trinajstić information content (AvgIpc) is 2.66. The van der Waals surface area contributed by atoms with E-state index in [9.17, 15) is 24.5 Å². The van der Waals surface area contributed by atoms with Crippen LogP contribution >= 0.6 is 0 Å². The third-order valence-electron chi connectivity index (χ3n) is 4.58. The molecule has 1 unspecified atom stereocenters. The maximum absolute atomic E-state index is 12.3. The lowest BCUT2D eigenvalue weighted by Crippen LogP contribution is -2.33. The van der Waals surface area contributed by atoms with Crippen LogP contribution in [0.1, 0.15) is 46.1 Å². The number of carbonyl (C=O) groups is 2. The number of fused-ring (bicyclic) bond motifs is 1. The van der Waals surface area contributed by atoms with Gasteiger partial charge in [0.1, 0.15) is 5.56 Å².